The van der Waals surface area contributed by atoms with Gasteiger partial charge in [0.25, 0.3) is 10.0 Å². The summed E-state index contributed by atoms with van der Waals surface area (Å²) in [7, 11) is -2.67. The van der Waals surface area contributed by atoms with Crippen LogP contribution in [0.2, 0.25) is 0 Å². The van der Waals surface area contributed by atoms with Crippen LogP contribution in [0.3, 0.4) is 0 Å². The van der Waals surface area contributed by atoms with Crippen LogP contribution in [-0.2, 0) is 10.0 Å². The molecule has 170 valence electrons. The molecular weight excluding hydrogens is 459 g/mol. The number of halogens is 1. The summed E-state index contributed by atoms with van der Waals surface area (Å²) in [6.45, 7) is 0. The maximum Gasteiger partial charge on any atom is 0.262 e. The number of ether oxygens (including phenoxy) is 1. The van der Waals surface area contributed by atoms with Gasteiger partial charge in [-0.05, 0) is 54.6 Å². The molecule has 0 fully saturated rings. The largest absolute Gasteiger partial charge is 0.494 e. The summed E-state index contributed by atoms with van der Waals surface area (Å²) in [5, 5.41) is 13.0. The Balaban J connectivity index is 1.41. The molecule has 11 heteroatoms. The molecule has 0 radical (unpaired) electrons. The van der Waals surface area contributed by atoms with Gasteiger partial charge in [-0.25, -0.2) is 12.8 Å². The van der Waals surface area contributed by atoms with Crippen LogP contribution in [0.4, 0.5) is 10.1 Å². The molecule has 1 N–H and O–H groups in total. The Morgan fingerprint density at radius 3 is 2.38 bits per heavy atom. The molecule has 0 atom stereocenters. The van der Waals surface area contributed by atoms with E-state index in [1.807, 2.05) is 12.1 Å². The van der Waals surface area contributed by atoms with E-state index in [4.69, 9.17) is 4.74 Å². The molecule has 34 heavy (non-hydrogen) atoms. The fourth-order valence-corrected chi connectivity index (χ4v) is 4.43. The number of fused-ring (bicyclic) bond motifs is 1. The van der Waals surface area contributed by atoms with Crippen molar-refractivity contribution in [3.8, 4) is 28.4 Å². The minimum absolute atomic E-state index is 0.0343. The number of hydrogen-bond donors (Lipinski definition) is 1. The van der Waals surface area contributed by atoms with E-state index in [0.29, 0.717) is 22.9 Å². The zero-order valence-corrected chi connectivity index (χ0v) is 18.6. The van der Waals surface area contributed by atoms with Gasteiger partial charge >= 0.3 is 0 Å². The van der Waals surface area contributed by atoms with Crippen LogP contribution in [0.25, 0.3) is 28.3 Å². The number of aromatic nitrogens is 5. The van der Waals surface area contributed by atoms with E-state index in [-0.39, 0.29) is 10.6 Å². The standard InChI is InChI=1S/C23H17FN6O3S/c1-33-21-8-6-18(14-19(21)24)34(31,32)29-17-4-2-15(3-5-17)20-7-9-22-26-27-23(30(22)28-20)16-10-12-25-13-11-16/h2-14,29H,1H3. The Hall–Kier alpha value is -4.38. The summed E-state index contributed by atoms with van der Waals surface area (Å²) >= 11 is 0. The van der Waals surface area contributed by atoms with E-state index < -0.39 is 15.8 Å². The smallest absolute Gasteiger partial charge is 0.262 e. The molecule has 0 unspecified atom stereocenters. The van der Waals surface area contributed by atoms with Gasteiger partial charge in [0.1, 0.15) is 0 Å². The van der Waals surface area contributed by atoms with E-state index in [1.54, 1.807) is 53.3 Å². The van der Waals surface area contributed by atoms with Crippen LogP contribution in [-0.4, -0.2) is 40.3 Å². The Morgan fingerprint density at radius 1 is 0.912 bits per heavy atom. The quantitative estimate of drug-likeness (QED) is 0.397. The number of anilines is 1. The molecule has 0 bridgehead atoms. The van der Waals surface area contributed by atoms with Crippen molar-refractivity contribution in [2.75, 3.05) is 11.8 Å². The van der Waals surface area contributed by atoms with Gasteiger partial charge < -0.3 is 4.74 Å². The summed E-state index contributed by atoms with van der Waals surface area (Å²) in [6, 6.07) is 17.4. The summed E-state index contributed by atoms with van der Waals surface area (Å²) in [6.07, 6.45) is 3.33. The Kier molecular flexibility index (Phi) is 5.38. The minimum atomic E-state index is -3.98. The second kappa shape index (κ2) is 8.52. The molecule has 5 aromatic rings. The lowest BCUT2D eigenvalue weighted by atomic mass is 10.1. The van der Waals surface area contributed by atoms with Crippen LogP contribution in [0.1, 0.15) is 0 Å². The monoisotopic (exact) mass is 476 g/mol. The van der Waals surface area contributed by atoms with Crippen LogP contribution >= 0.6 is 0 Å². The average molecular weight is 476 g/mol. The zero-order valence-electron chi connectivity index (χ0n) is 17.8. The van der Waals surface area contributed by atoms with Crippen molar-refractivity contribution >= 4 is 21.4 Å². The Bertz CT molecular complexity index is 1590. The van der Waals surface area contributed by atoms with Crippen LogP contribution in [0, 0.1) is 5.82 Å². The average Bonchev–Trinajstić information content (AvgIpc) is 3.28. The molecular formula is C23H17FN6O3S. The van der Waals surface area contributed by atoms with Crippen LogP contribution in [0.15, 0.2) is 84.0 Å². The van der Waals surface area contributed by atoms with Gasteiger partial charge in [0.15, 0.2) is 23.0 Å². The fourth-order valence-electron chi connectivity index (χ4n) is 3.36. The fraction of sp³-hybridized carbons (Fsp3) is 0.0435. The van der Waals surface area contributed by atoms with Gasteiger partial charge in [0, 0.05) is 29.2 Å². The molecule has 0 aliphatic rings. The van der Waals surface area contributed by atoms with Gasteiger partial charge in [0.2, 0.25) is 0 Å². The van der Waals surface area contributed by atoms with E-state index >= 15 is 0 Å². The van der Waals surface area contributed by atoms with Crippen molar-refractivity contribution in [2.24, 2.45) is 0 Å². The molecule has 3 heterocycles. The summed E-state index contributed by atoms with van der Waals surface area (Å²) in [4.78, 5) is 3.80. The van der Waals surface area contributed by atoms with Crippen LogP contribution < -0.4 is 9.46 Å². The molecule has 0 aliphatic carbocycles. The maximum absolute atomic E-state index is 13.9. The lowest BCUT2D eigenvalue weighted by Gasteiger charge is -2.10. The van der Waals surface area contributed by atoms with Crippen molar-refractivity contribution in [2.45, 2.75) is 4.90 Å². The first kappa shape index (κ1) is 21.5. The Labute approximate surface area is 193 Å². The number of rotatable bonds is 6. The highest BCUT2D eigenvalue weighted by atomic mass is 32.2. The molecule has 0 amide bonds. The SMILES string of the molecule is COc1ccc(S(=O)(=O)Nc2ccc(-c3ccc4nnc(-c5ccncc5)n4n3)cc2)cc1F. The normalized spacial score (nSPS) is 11.5. The maximum atomic E-state index is 13.9. The predicted molar refractivity (Wildman–Crippen MR) is 123 cm³/mol. The van der Waals surface area contributed by atoms with E-state index in [9.17, 15) is 12.8 Å². The summed E-state index contributed by atoms with van der Waals surface area (Å²) in [5.41, 5.74) is 3.14. The van der Waals surface area contributed by atoms with Crippen molar-refractivity contribution < 1.29 is 17.5 Å². The third-order valence-corrected chi connectivity index (χ3v) is 6.45. The van der Waals surface area contributed by atoms with Gasteiger partial charge in [-0.15, -0.1) is 10.2 Å². The van der Waals surface area contributed by atoms with Crippen molar-refractivity contribution in [1.29, 1.82) is 0 Å². The number of sulfonamides is 1. The van der Waals surface area contributed by atoms with E-state index in [2.05, 4.69) is 25.0 Å². The number of nitrogens with zero attached hydrogens (tertiary/aromatic N) is 5. The number of hydrogen-bond acceptors (Lipinski definition) is 7. The lowest BCUT2D eigenvalue weighted by molar-refractivity contribution is 0.385. The molecule has 2 aromatic carbocycles. The van der Waals surface area contributed by atoms with Crippen molar-refractivity contribution in [1.82, 2.24) is 24.8 Å². The number of methoxy groups -OCH3 is 1. The van der Waals surface area contributed by atoms with Gasteiger partial charge in [-0.3, -0.25) is 9.71 Å². The molecule has 5 rings (SSSR count). The third-order valence-electron chi connectivity index (χ3n) is 5.07. The minimum Gasteiger partial charge on any atom is -0.494 e. The topological polar surface area (TPSA) is 111 Å². The van der Waals surface area contributed by atoms with Crippen LogP contribution in [0.5, 0.6) is 5.75 Å². The van der Waals surface area contributed by atoms with Crippen molar-refractivity contribution in [3.63, 3.8) is 0 Å². The second-order valence-corrected chi connectivity index (χ2v) is 8.91. The number of pyridine rings is 1. The number of nitrogens with one attached hydrogen (secondary N) is 1. The zero-order chi connectivity index (χ0) is 23.7. The first-order chi connectivity index (χ1) is 16.4. The van der Waals surface area contributed by atoms with Gasteiger partial charge in [-0.1, -0.05) is 12.1 Å². The van der Waals surface area contributed by atoms with Gasteiger partial charge in [-0.2, -0.15) is 9.61 Å². The first-order valence-corrected chi connectivity index (χ1v) is 11.5. The molecule has 3 aromatic heterocycles. The second-order valence-electron chi connectivity index (χ2n) is 7.23. The van der Waals surface area contributed by atoms with E-state index in [0.717, 1.165) is 17.2 Å². The highest BCUT2D eigenvalue weighted by Crippen LogP contribution is 2.25. The molecule has 9 nitrogen and oxygen atoms in total. The number of benzene rings is 2. The summed E-state index contributed by atoms with van der Waals surface area (Å²) < 4.78 is 48.2. The highest BCUT2D eigenvalue weighted by molar-refractivity contribution is 7.92. The Morgan fingerprint density at radius 2 is 1.68 bits per heavy atom. The van der Waals surface area contributed by atoms with Gasteiger partial charge in [0.05, 0.1) is 17.7 Å². The predicted octanol–water partition coefficient (Wildman–Crippen LogP) is 3.80. The van der Waals surface area contributed by atoms with E-state index in [1.165, 1.54) is 19.2 Å². The molecule has 0 aliphatic heterocycles. The third kappa shape index (κ3) is 4.04. The highest BCUT2D eigenvalue weighted by Gasteiger charge is 2.17. The first-order valence-electron chi connectivity index (χ1n) is 10.0. The molecule has 0 saturated carbocycles. The summed E-state index contributed by atoms with van der Waals surface area (Å²) in [5.74, 6) is -0.217. The molecule has 0 saturated heterocycles. The molecule has 0 spiro atoms. The van der Waals surface area contributed by atoms with Crippen molar-refractivity contribution in [3.05, 3.63) is 84.9 Å². The lowest BCUT2D eigenvalue weighted by Crippen LogP contribution is -2.13.